The molecular formula is C12H21F2NO4S2. The second kappa shape index (κ2) is 7.08. The molecule has 0 amide bonds. The molecule has 0 spiro atoms. The molecule has 2 rings (SSSR count). The summed E-state index contributed by atoms with van der Waals surface area (Å²) >= 11 is 1.87. The lowest BCUT2D eigenvalue weighted by atomic mass is 9.91. The van der Waals surface area contributed by atoms with Gasteiger partial charge in [0.2, 0.25) is 0 Å². The zero-order valence-corrected chi connectivity index (χ0v) is 13.3. The first-order valence-corrected chi connectivity index (χ1v) is 9.69. The molecule has 0 radical (unpaired) electrons. The molecule has 1 aliphatic carbocycles. The Balaban J connectivity index is 1.96. The van der Waals surface area contributed by atoms with Crippen LogP contribution in [-0.2, 0) is 14.9 Å². The van der Waals surface area contributed by atoms with Crippen LogP contribution in [0, 0.1) is 0 Å². The van der Waals surface area contributed by atoms with Crippen LogP contribution < -0.4 is 0 Å². The van der Waals surface area contributed by atoms with Crippen molar-refractivity contribution in [1.82, 2.24) is 4.90 Å². The molecule has 0 bridgehead atoms. The Morgan fingerprint density at radius 3 is 2.48 bits per heavy atom. The van der Waals surface area contributed by atoms with Crippen molar-refractivity contribution in [3.05, 3.63) is 0 Å². The highest BCUT2D eigenvalue weighted by atomic mass is 32.2. The van der Waals surface area contributed by atoms with Gasteiger partial charge in [0.15, 0.2) is 0 Å². The monoisotopic (exact) mass is 345 g/mol. The van der Waals surface area contributed by atoms with Gasteiger partial charge >= 0.3 is 15.4 Å². The number of rotatable bonds is 5. The summed E-state index contributed by atoms with van der Waals surface area (Å²) in [7, 11) is -5.42. The molecule has 2 aliphatic rings. The van der Waals surface area contributed by atoms with Crippen LogP contribution >= 0.6 is 11.8 Å². The second-order valence-corrected chi connectivity index (χ2v) is 8.23. The topological polar surface area (TPSA) is 66.8 Å². The van der Waals surface area contributed by atoms with Crippen molar-refractivity contribution in [2.45, 2.75) is 43.1 Å². The normalized spacial score (nSPS) is 29.5. The Labute approximate surface area is 128 Å². The minimum atomic E-state index is -5.42. The Morgan fingerprint density at radius 1 is 1.24 bits per heavy atom. The molecule has 0 aromatic heterocycles. The molecule has 9 heteroatoms. The third kappa shape index (κ3) is 4.51. The fourth-order valence-corrected chi connectivity index (χ4v) is 4.03. The first-order valence-electron chi connectivity index (χ1n) is 7.09. The van der Waals surface area contributed by atoms with Crippen molar-refractivity contribution in [3.8, 4) is 0 Å². The van der Waals surface area contributed by atoms with Crippen LogP contribution in [0.1, 0.15) is 25.7 Å². The molecule has 0 aromatic carbocycles. The summed E-state index contributed by atoms with van der Waals surface area (Å²) in [5.41, 5.74) is 0. The smallest absolute Gasteiger partial charge is 0.369 e. The highest BCUT2D eigenvalue weighted by Gasteiger charge is 2.46. The first kappa shape index (κ1) is 17.4. The van der Waals surface area contributed by atoms with Crippen molar-refractivity contribution in [3.63, 3.8) is 0 Å². The quantitative estimate of drug-likeness (QED) is 0.767. The van der Waals surface area contributed by atoms with Gasteiger partial charge in [0.25, 0.3) is 0 Å². The van der Waals surface area contributed by atoms with E-state index >= 15 is 0 Å². The summed E-state index contributed by atoms with van der Waals surface area (Å²) in [4.78, 5) is 2.26. The summed E-state index contributed by atoms with van der Waals surface area (Å²) < 4.78 is 61.5. The number of alkyl halides is 2. The first-order chi connectivity index (χ1) is 9.81. The van der Waals surface area contributed by atoms with E-state index in [0.717, 1.165) is 43.9 Å². The number of hydrogen-bond donors (Lipinski definition) is 1. The van der Waals surface area contributed by atoms with Crippen molar-refractivity contribution < 1.29 is 26.5 Å². The van der Waals surface area contributed by atoms with E-state index in [4.69, 9.17) is 9.29 Å². The van der Waals surface area contributed by atoms with E-state index in [9.17, 15) is 17.2 Å². The second-order valence-electron chi connectivity index (χ2n) is 5.46. The Hall–Kier alpha value is 0.0400. The highest BCUT2D eigenvalue weighted by molar-refractivity contribution is 7.99. The van der Waals surface area contributed by atoms with Gasteiger partial charge < -0.3 is 4.74 Å². The molecule has 2 unspecified atom stereocenters. The largest absolute Gasteiger partial charge is 0.392 e. The molecule has 1 saturated carbocycles. The van der Waals surface area contributed by atoms with Gasteiger partial charge in [-0.05, 0) is 12.8 Å². The number of nitrogens with zero attached hydrogens (tertiary/aromatic N) is 1. The van der Waals surface area contributed by atoms with Gasteiger partial charge in [0, 0.05) is 30.6 Å². The number of thioether (sulfide) groups is 1. The molecule has 5 nitrogen and oxygen atoms in total. The molecule has 0 aromatic rings. The average Bonchev–Trinajstić information content (AvgIpc) is 2.45. The summed E-state index contributed by atoms with van der Waals surface area (Å²) in [6.07, 6.45) is 3.06. The molecule has 1 saturated heterocycles. The average molecular weight is 345 g/mol. The molecule has 1 aliphatic heterocycles. The molecular weight excluding hydrogens is 324 g/mol. The van der Waals surface area contributed by atoms with E-state index < -0.39 is 28.1 Å². The number of ether oxygens (including phenoxy) is 1. The van der Waals surface area contributed by atoms with Crippen molar-refractivity contribution in [2.24, 2.45) is 0 Å². The Kier molecular flexibility index (Phi) is 5.86. The van der Waals surface area contributed by atoms with Crippen molar-refractivity contribution >= 4 is 21.9 Å². The maximum atomic E-state index is 13.3. The Bertz CT molecular complexity index is 441. The van der Waals surface area contributed by atoms with Crippen LogP contribution in [-0.4, -0.2) is 66.5 Å². The van der Waals surface area contributed by atoms with Crippen molar-refractivity contribution in [1.29, 1.82) is 0 Å². The van der Waals surface area contributed by atoms with E-state index in [1.807, 2.05) is 11.8 Å². The van der Waals surface area contributed by atoms with Crippen LogP contribution in [0.4, 0.5) is 8.78 Å². The third-order valence-corrected chi connectivity index (χ3v) is 5.84. The summed E-state index contributed by atoms with van der Waals surface area (Å²) in [5.74, 6) is 2.04. The molecule has 2 atom stereocenters. The lowest BCUT2D eigenvalue weighted by Crippen LogP contribution is -2.50. The zero-order valence-electron chi connectivity index (χ0n) is 11.7. The van der Waals surface area contributed by atoms with E-state index in [1.54, 1.807) is 0 Å². The molecule has 124 valence electrons. The van der Waals surface area contributed by atoms with E-state index in [-0.39, 0.29) is 6.04 Å². The number of halogens is 2. The van der Waals surface area contributed by atoms with Gasteiger partial charge in [0.1, 0.15) is 6.61 Å². The van der Waals surface area contributed by atoms with Gasteiger partial charge in [-0.25, -0.2) is 0 Å². The predicted octanol–water partition coefficient (Wildman–Crippen LogP) is 1.84. The SMILES string of the molecule is O=S(=O)(O)C(F)(F)COC1CCCCC1N1CCSCC1. The van der Waals surface area contributed by atoms with Gasteiger partial charge in [0.05, 0.1) is 6.10 Å². The summed E-state index contributed by atoms with van der Waals surface area (Å²) in [6.45, 7) is 0.531. The van der Waals surface area contributed by atoms with Crippen LogP contribution in [0.25, 0.3) is 0 Å². The van der Waals surface area contributed by atoms with E-state index in [1.165, 1.54) is 0 Å². The van der Waals surface area contributed by atoms with Gasteiger partial charge in [-0.1, -0.05) is 12.8 Å². The maximum Gasteiger partial charge on any atom is 0.392 e. The molecule has 1 heterocycles. The van der Waals surface area contributed by atoms with Gasteiger partial charge in [-0.3, -0.25) is 9.45 Å². The van der Waals surface area contributed by atoms with Crippen LogP contribution in [0.2, 0.25) is 0 Å². The van der Waals surface area contributed by atoms with E-state index in [2.05, 4.69) is 4.90 Å². The fraction of sp³-hybridized carbons (Fsp3) is 1.00. The zero-order chi connectivity index (χ0) is 15.5. The summed E-state index contributed by atoms with van der Waals surface area (Å²) in [6, 6.07) is 0.0665. The number of hydrogen-bond acceptors (Lipinski definition) is 5. The minimum Gasteiger partial charge on any atom is -0.369 e. The lowest BCUT2D eigenvalue weighted by Gasteiger charge is -2.41. The Morgan fingerprint density at radius 2 is 1.86 bits per heavy atom. The highest BCUT2D eigenvalue weighted by Crippen LogP contribution is 2.30. The van der Waals surface area contributed by atoms with Gasteiger partial charge in [-0.15, -0.1) is 0 Å². The molecule has 2 fully saturated rings. The van der Waals surface area contributed by atoms with E-state index in [0.29, 0.717) is 6.42 Å². The van der Waals surface area contributed by atoms with Crippen molar-refractivity contribution in [2.75, 3.05) is 31.2 Å². The van der Waals surface area contributed by atoms with Crippen LogP contribution in [0.5, 0.6) is 0 Å². The van der Waals surface area contributed by atoms with Crippen LogP contribution in [0.15, 0.2) is 0 Å². The predicted molar refractivity (Wildman–Crippen MR) is 77.4 cm³/mol. The maximum absolute atomic E-state index is 13.3. The summed E-state index contributed by atoms with van der Waals surface area (Å²) in [5, 5.41) is -4.24. The minimum absolute atomic E-state index is 0.0665. The lowest BCUT2D eigenvalue weighted by molar-refractivity contribution is -0.0896. The molecule has 1 N–H and O–H groups in total. The standard InChI is InChI=1S/C12H21F2NO4S2/c13-12(14,21(16,17)18)9-19-11-4-2-1-3-10(11)15-5-7-20-8-6-15/h10-11H,1-9H2,(H,16,17,18). The fourth-order valence-electron chi connectivity index (χ4n) is 2.88. The van der Waals surface area contributed by atoms with Crippen LogP contribution in [0.3, 0.4) is 0 Å². The third-order valence-electron chi connectivity index (χ3n) is 4.03. The molecule has 21 heavy (non-hydrogen) atoms. The van der Waals surface area contributed by atoms with Gasteiger partial charge in [-0.2, -0.15) is 29.0 Å².